The molecule has 3 aromatic rings. The fraction of sp³-hybridized carbons (Fsp3) is 0.526. The van der Waals surface area contributed by atoms with Crippen LogP contribution in [0.25, 0.3) is 11.2 Å². The van der Waals surface area contributed by atoms with E-state index < -0.39 is 88.2 Å². The third kappa shape index (κ3) is 5.46. The number of aromatic nitrogens is 6. The van der Waals surface area contributed by atoms with Crippen LogP contribution < -0.4 is 17.0 Å². The molecule has 2 bridgehead atoms. The molecule has 3 unspecified atom stereocenters. The number of hydrogen-bond acceptors (Lipinski definition) is 14. The summed E-state index contributed by atoms with van der Waals surface area (Å²) in [6.45, 7) is -6.05. The van der Waals surface area contributed by atoms with E-state index in [2.05, 4.69) is 15.0 Å². The summed E-state index contributed by atoms with van der Waals surface area (Å²) >= 11 is 5.00. The molecule has 23 heteroatoms. The molecule has 10 atom stereocenters. The Hall–Kier alpha value is -2.55. The standard InChI is InChI=1S/C19H21F2N7O11P2S/c20-10-7-3-35-41(33,42)39-13-8(37-17(11(13)21)27-2-1-9(29)26-19(27)30)4-34-40(31,32)38-14(10)18(36-7)28-6-25-12-15(22)23-5-24-16(12)28/h1-2,5-8,10-11,13-14,17-18H,3-4H2,(H,31,32)(H,33,42)(H2,22,23,24)(H,26,29,30)/t7-,8?,10-,11-,13-,14-,17-,18-,41?/m1/s1. The minimum atomic E-state index is -5.16. The Morgan fingerprint density at radius 1 is 1.00 bits per heavy atom. The van der Waals surface area contributed by atoms with E-state index in [0.29, 0.717) is 4.57 Å². The van der Waals surface area contributed by atoms with Crippen molar-refractivity contribution in [1.82, 2.24) is 29.1 Å². The van der Waals surface area contributed by atoms with E-state index in [1.54, 1.807) is 0 Å². The Kier molecular flexibility index (Phi) is 7.64. The van der Waals surface area contributed by atoms with Crippen molar-refractivity contribution >= 4 is 43.3 Å². The molecule has 5 N–H and O–H groups in total. The second-order valence-electron chi connectivity index (χ2n) is 9.29. The smallest absolute Gasteiger partial charge is 0.382 e. The quantitative estimate of drug-likeness (QED) is 0.256. The van der Waals surface area contributed by atoms with Crippen molar-refractivity contribution < 1.29 is 50.7 Å². The maximum atomic E-state index is 15.6. The largest absolute Gasteiger partial charge is 0.472 e. The number of hydrogen-bond donors (Lipinski definition) is 4. The lowest BCUT2D eigenvalue weighted by Crippen LogP contribution is -2.36. The minimum Gasteiger partial charge on any atom is -0.382 e. The lowest BCUT2D eigenvalue weighted by Gasteiger charge is -2.26. The van der Waals surface area contributed by atoms with E-state index in [1.165, 1.54) is 10.9 Å². The summed E-state index contributed by atoms with van der Waals surface area (Å²) in [4.78, 5) is 58.8. The van der Waals surface area contributed by atoms with E-state index in [0.717, 1.165) is 18.6 Å². The van der Waals surface area contributed by atoms with Crippen molar-refractivity contribution in [2.24, 2.45) is 0 Å². The molecule has 18 nitrogen and oxygen atoms in total. The summed E-state index contributed by atoms with van der Waals surface area (Å²) in [6.07, 6.45) is -11.1. The molecule has 42 heavy (non-hydrogen) atoms. The predicted molar refractivity (Wildman–Crippen MR) is 137 cm³/mol. The fourth-order valence-electron chi connectivity index (χ4n) is 4.73. The van der Waals surface area contributed by atoms with Gasteiger partial charge in [0.15, 0.2) is 36.3 Å². The molecule has 6 rings (SSSR count). The monoisotopic (exact) mass is 655 g/mol. The molecule has 228 valence electrons. The number of nitrogens with two attached hydrogens (primary N) is 1. The Morgan fingerprint density at radius 2 is 1.74 bits per heavy atom. The normalized spacial score (nSPS) is 39.3. The van der Waals surface area contributed by atoms with Crippen molar-refractivity contribution in [1.29, 1.82) is 0 Å². The number of H-pyrrole nitrogens is 1. The van der Waals surface area contributed by atoms with Gasteiger partial charge in [0.2, 0.25) is 0 Å². The topological polar surface area (TPSA) is 237 Å². The van der Waals surface area contributed by atoms with Crippen LogP contribution in [0.15, 0.2) is 34.5 Å². The summed E-state index contributed by atoms with van der Waals surface area (Å²) in [5, 5.41) is 0. The number of nitrogens with one attached hydrogen (secondary N) is 1. The van der Waals surface area contributed by atoms with Gasteiger partial charge in [-0.2, -0.15) is 0 Å². The van der Waals surface area contributed by atoms with Gasteiger partial charge in [0.05, 0.1) is 19.5 Å². The molecule has 3 fully saturated rings. The molecule has 3 aliphatic rings. The Balaban J connectivity index is 1.32. The van der Waals surface area contributed by atoms with Crippen LogP contribution in [0.5, 0.6) is 0 Å². The van der Waals surface area contributed by atoms with Crippen LogP contribution in [0, 0.1) is 0 Å². The van der Waals surface area contributed by atoms with E-state index in [-0.39, 0.29) is 17.0 Å². The predicted octanol–water partition coefficient (Wildman–Crippen LogP) is -0.436. The molecule has 3 aromatic heterocycles. The molecule has 6 heterocycles. The highest BCUT2D eigenvalue weighted by molar-refractivity contribution is 8.07. The second kappa shape index (κ2) is 10.9. The zero-order valence-corrected chi connectivity index (χ0v) is 23.4. The van der Waals surface area contributed by atoms with Gasteiger partial charge in [-0.25, -0.2) is 33.1 Å². The number of halogens is 2. The summed E-state index contributed by atoms with van der Waals surface area (Å²) in [5.41, 5.74) is 4.23. The fourth-order valence-corrected chi connectivity index (χ4v) is 7.09. The second-order valence-corrected chi connectivity index (χ2v) is 13.5. The minimum absolute atomic E-state index is 0.00188. The van der Waals surface area contributed by atoms with Gasteiger partial charge in [-0.15, -0.1) is 0 Å². The van der Waals surface area contributed by atoms with Gasteiger partial charge in [0.1, 0.15) is 36.3 Å². The van der Waals surface area contributed by atoms with Gasteiger partial charge in [-0.3, -0.25) is 32.5 Å². The van der Waals surface area contributed by atoms with Crippen molar-refractivity contribution in [2.75, 3.05) is 18.9 Å². The third-order valence-corrected chi connectivity index (χ3v) is 9.18. The van der Waals surface area contributed by atoms with Crippen LogP contribution in [0.2, 0.25) is 0 Å². The molecule has 0 aliphatic carbocycles. The van der Waals surface area contributed by atoms with E-state index >= 15 is 8.78 Å². The first kappa shape index (κ1) is 29.5. The van der Waals surface area contributed by atoms with E-state index in [9.17, 15) is 23.9 Å². The number of nitrogens with zero attached hydrogens (tertiary/aromatic N) is 5. The number of imidazole rings is 1. The van der Waals surface area contributed by atoms with Gasteiger partial charge in [0.25, 0.3) is 5.56 Å². The first-order valence-corrected chi connectivity index (χ1v) is 16.1. The number of phosphoric acid groups is 1. The number of aromatic amines is 1. The number of anilines is 1. The zero-order valence-electron chi connectivity index (χ0n) is 20.8. The van der Waals surface area contributed by atoms with Gasteiger partial charge in [0, 0.05) is 12.3 Å². The first-order valence-electron chi connectivity index (χ1n) is 12.0. The van der Waals surface area contributed by atoms with Gasteiger partial charge in [-0.1, -0.05) is 0 Å². The summed E-state index contributed by atoms with van der Waals surface area (Å²) in [7, 11) is -5.16. The summed E-state index contributed by atoms with van der Waals surface area (Å²) in [6, 6.07) is 0.932. The van der Waals surface area contributed by atoms with Crippen LogP contribution in [-0.4, -0.2) is 88.8 Å². The average Bonchev–Trinajstić information content (AvgIpc) is 3.57. The maximum Gasteiger partial charge on any atom is 0.472 e. The van der Waals surface area contributed by atoms with Gasteiger partial charge >= 0.3 is 20.2 Å². The maximum absolute atomic E-state index is 15.6. The Labute approximate surface area is 237 Å². The van der Waals surface area contributed by atoms with Crippen LogP contribution in [0.1, 0.15) is 12.5 Å². The molecule has 3 saturated heterocycles. The lowest BCUT2D eigenvalue weighted by molar-refractivity contribution is -0.0652. The molecule has 0 saturated carbocycles. The number of ether oxygens (including phenoxy) is 2. The highest BCUT2D eigenvalue weighted by Gasteiger charge is 2.54. The molecule has 3 aliphatic heterocycles. The number of nitrogen functional groups attached to an aromatic ring is 1. The molecule has 0 amide bonds. The van der Waals surface area contributed by atoms with E-state index in [4.69, 9.17) is 45.1 Å². The number of phosphoric ester groups is 1. The van der Waals surface area contributed by atoms with Crippen molar-refractivity contribution in [3.63, 3.8) is 0 Å². The molecular formula is C19H21F2N7O11P2S. The summed E-state index contributed by atoms with van der Waals surface area (Å²) in [5.74, 6) is 0.00188. The molecular weight excluding hydrogens is 634 g/mol. The van der Waals surface area contributed by atoms with Crippen molar-refractivity contribution in [3.05, 3.63) is 45.8 Å². The Bertz CT molecular complexity index is 1730. The van der Waals surface area contributed by atoms with Crippen LogP contribution in [0.4, 0.5) is 14.6 Å². The lowest BCUT2D eigenvalue weighted by atomic mass is 10.1. The van der Waals surface area contributed by atoms with Crippen LogP contribution in [0.3, 0.4) is 0 Å². The zero-order chi connectivity index (χ0) is 30.0. The molecule has 0 radical (unpaired) electrons. The SMILES string of the molecule is Nc1ncnc2c1ncn2[C@@H]1O[C@@H]2COP(O)(=S)O[C@@H]3C(COP(=O)(O)O[C@@H]1[C@@H]2F)O[C@@H](n1ccc(=O)[nH]c1=O)[C@@H]3F. The molecule has 0 aromatic carbocycles. The van der Waals surface area contributed by atoms with E-state index in [1.807, 2.05) is 4.98 Å². The Morgan fingerprint density at radius 3 is 2.50 bits per heavy atom. The van der Waals surface area contributed by atoms with Gasteiger partial charge in [-0.05, 0) is 11.8 Å². The van der Waals surface area contributed by atoms with Gasteiger partial charge < -0.3 is 29.5 Å². The average molecular weight is 655 g/mol. The van der Waals surface area contributed by atoms with Crippen LogP contribution >= 0.6 is 14.5 Å². The number of fused-ring (bicyclic) bond motifs is 4. The third-order valence-electron chi connectivity index (χ3n) is 6.63. The number of rotatable bonds is 2. The van der Waals surface area contributed by atoms with Crippen LogP contribution in [-0.2, 0) is 43.9 Å². The van der Waals surface area contributed by atoms with Crippen molar-refractivity contribution in [3.8, 4) is 0 Å². The van der Waals surface area contributed by atoms with Crippen molar-refractivity contribution in [2.45, 2.75) is 49.2 Å². The highest BCUT2D eigenvalue weighted by Crippen LogP contribution is 2.54. The molecule has 0 spiro atoms. The number of alkyl halides is 2. The summed E-state index contributed by atoms with van der Waals surface area (Å²) < 4.78 is 78.2. The highest BCUT2D eigenvalue weighted by atomic mass is 32.5. The first-order chi connectivity index (χ1) is 19.8.